The molecule has 0 aromatic rings. The van der Waals surface area contributed by atoms with E-state index >= 15 is 0 Å². The lowest BCUT2D eigenvalue weighted by atomic mass is 10.3. The van der Waals surface area contributed by atoms with E-state index in [0.717, 1.165) is 0 Å². The lowest BCUT2D eigenvalue weighted by Crippen LogP contribution is -2.40. The van der Waals surface area contributed by atoms with Gasteiger partial charge in [0.15, 0.2) is 4.75 Å². The van der Waals surface area contributed by atoms with Crippen molar-refractivity contribution in [3.8, 4) is 0 Å². The zero-order chi connectivity index (χ0) is 23.6. The van der Waals surface area contributed by atoms with Crippen molar-refractivity contribution in [1.82, 2.24) is 9.80 Å². The Balaban J connectivity index is 0.000000561. The molecule has 0 heterocycles. The molecular weight excluding hydrogens is 436 g/mol. The maximum Gasteiger partial charge on any atom is 0.323 e. The molecule has 0 aliphatic heterocycles. The predicted octanol–water partition coefficient (Wildman–Crippen LogP) is 1.87. The SMILES string of the molecule is CCN(CC)C(=O)S(=O)C(C)CC(=O)O.CCN(CC)C(=O)S(=O)C1(C(=O)O)CC1. The number of aliphatic carboxylic acids is 2. The molecule has 1 fully saturated rings. The van der Waals surface area contributed by atoms with Crippen LogP contribution < -0.4 is 0 Å². The molecule has 1 aliphatic rings. The van der Waals surface area contributed by atoms with Gasteiger partial charge in [0, 0.05) is 26.2 Å². The highest BCUT2D eigenvalue weighted by Gasteiger charge is 2.58. The summed E-state index contributed by atoms with van der Waals surface area (Å²) in [6.07, 6.45) is 0.420. The van der Waals surface area contributed by atoms with Gasteiger partial charge in [-0.25, -0.2) is 8.42 Å². The Morgan fingerprint density at radius 2 is 1.27 bits per heavy atom. The van der Waals surface area contributed by atoms with Gasteiger partial charge in [-0.05, 0) is 47.5 Å². The van der Waals surface area contributed by atoms with Crippen LogP contribution in [0.4, 0.5) is 9.59 Å². The molecule has 12 heteroatoms. The van der Waals surface area contributed by atoms with E-state index in [4.69, 9.17) is 10.2 Å². The topological polar surface area (TPSA) is 149 Å². The fourth-order valence-electron chi connectivity index (χ4n) is 2.46. The summed E-state index contributed by atoms with van der Waals surface area (Å²) in [6, 6.07) is 0. The lowest BCUT2D eigenvalue weighted by Gasteiger charge is -2.19. The average molecular weight is 469 g/mol. The molecule has 0 aromatic carbocycles. The van der Waals surface area contributed by atoms with E-state index in [2.05, 4.69) is 0 Å². The predicted molar refractivity (Wildman–Crippen MR) is 114 cm³/mol. The fraction of sp³-hybridized carbons (Fsp3) is 0.778. The number of nitrogens with zero attached hydrogens (tertiary/aromatic N) is 2. The summed E-state index contributed by atoms with van der Waals surface area (Å²) in [5.74, 6) is -2.16. The van der Waals surface area contributed by atoms with Gasteiger partial charge in [0.05, 0.1) is 11.7 Å². The highest BCUT2D eigenvalue weighted by molar-refractivity contribution is 8.02. The second kappa shape index (κ2) is 12.8. The van der Waals surface area contributed by atoms with Gasteiger partial charge in [0.2, 0.25) is 0 Å². The van der Waals surface area contributed by atoms with Crippen molar-refractivity contribution in [1.29, 1.82) is 0 Å². The standard InChI is InChI=1S/C9H15NO4S.C9H17NO4S/c1-3-10(4-2)8(13)15(14)9(5-6-9)7(11)12;1-4-10(5-2)9(13)15(14)7(3)6-8(11)12/h3-6H2,1-2H3,(H,11,12);7H,4-6H2,1-3H3,(H,11,12). The molecule has 0 saturated heterocycles. The van der Waals surface area contributed by atoms with Gasteiger partial charge in [-0.3, -0.25) is 19.2 Å². The first-order valence-electron chi connectivity index (χ1n) is 9.78. The van der Waals surface area contributed by atoms with E-state index in [1.54, 1.807) is 27.7 Å². The van der Waals surface area contributed by atoms with Gasteiger partial charge < -0.3 is 20.0 Å². The van der Waals surface area contributed by atoms with Crippen molar-refractivity contribution >= 4 is 44.0 Å². The molecule has 0 bridgehead atoms. The second-order valence-corrected chi connectivity index (χ2v) is 10.1. The normalized spacial score (nSPS) is 16.8. The number of carboxylic acid groups (broad SMARTS) is 2. The summed E-state index contributed by atoms with van der Waals surface area (Å²) in [6.45, 7) is 10.5. The van der Waals surface area contributed by atoms with E-state index in [1.807, 2.05) is 0 Å². The Morgan fingerprint density at radius 3 is 1.57 bits per heavy atom. The number of rotatable bonds is 9. The van der Waals surface area contributed by atoms with Crippen LogP contribution in [0.3, 0.4) is 0 Å². The van der Waals surface area contributed by atoms with Crippen molar-refractivity contribution in [2.24, 2.45) is 0 Å². The molecule has 3 atom stereocenters. The molecule has 10 nitrogen and oxygen atoms in total. The number of carboxylic acids is 2. The van der Waals surface area contributed by atoms with Crippen molar-refractivity contribution < 1.29 is 37.8 Å². The Kier molecular flexibility index (Phi) is 12.0. The minimum absolute atomic E-state index is 0.250. The van der Waals surface area contributed by atoms with Gasteiger partial charge in [-0.15, -0.1) is 0 Å². The maximum atomic E-state index is 11.8. The monoisotopic (exact) mass is 468 g/mol. The van der Waals surface area contributed by atoms with Crippen LogP contribution in [-0.2, 0) is 31.2 Å². The van der Waals surface area contributed by atoms with E-state index < -0.39 is 54.0 Å². The van der Waals surface area contributed by atoms with E-state index in [9.17, 15) is 27.6 Å². The molecule has 2 amide bonds. The van der Waals surface area contributed by atoms with Gasteiger partial charge in [0.1, 0.15) is 21.6 Å². The second-order valence-electron chi connectivity index (χ2n) is 6.65. The number of carbonyl (C=O) groups excluding carboxylic acids is 2. The van der Waals surface area contributed by atoms with Crippen LogP contribution in [0, 0.1) is 0 Å². The van der Waals surface area contributed by atoms with E-state index in [0.29, 0.717) is 39.0 Å². The molecule has 0 spiro atoms. The van der Waals surface area contributed by atoms with Crippen LogP contribution >= 0.6 is 0 Å². The van der Waals surface area contributed by atoms with Crippen LogP contribution in [0.5, 0.6) is 0 Å². The first-order chi connectivity index (χ1) is 13.9. The summed E-state index contributed by atoms with van der Waals surface area (Å²) < 4.78 is 22.1. The number of amides is 2. The smallest absolute Gasteiger partial charge is 0.323 e. The Labute approximate surface area is 181 Å². The highest BCUT2D eigenvalue weighted by Crippen LogP contribution is 2.42. The van der Waals surface area contributed by atoms with Gasteiger partial charge >= 0.3 is 22.4 Å². The van der Waals surface area contributed by atoms with Crippen LogP contribution in [0.2, 0.25) is 0 Å². The Bertz CT molecular complexity index is 686. The third-order valence-corrected chi connectivity index (χ3v) is 8.02. The number of hydrogen-bond acceptors (Lipinski definition) is 6. The zero-order valence-electron chi connectivity index (χ0n) is 18.1. The molecule has 1 saturated carbocycles. The molecule has 174 valence electrons. The van der Waals surface area contributed by atoms with Crippen molar-refractivity contribution in [3.05, 3.63) is 0 Å². The minimum Gasteiger partial charge on any atom is -0.481 e. The third kappa shape index (κ3) is 7.46. The third-order valence-electron chi connectivity index (χ3n) is 4.65. The highest BCUT2D eigenvalue weighted by atomic mass is 32.2. The van der Waals surface area contributed by atoms with Crippen molar-refractivity contribution in [2.75, 3.05) is 26.2 Å². The number of hydrogen-bond donors (Lipinski definition) is 2. The maximum absolute atomic E-state index is 11.8. The quantitative estimate of drug-likeness (QED) is 0.521. The summed E-state index contributed by atoms with van der Waals surface area (Å²) in [5, 5.41) is 15.7. The van der Waals surface area contributed by atoms with Crippen LogP contribution in [0.15, 0.2) is 0 Å². The molecule has 0 aromatic heterocycles. The first kappa shape index (κ1) is 28.2. The van der Waals surface area contributed by atoms with E-state index in [-0.39, 0.29) is 6.42 Å². The summed E-state index contributed by atoms with van der Waals surface area (Å²) >= 11 is 0. The van der Waals surface area contributed by atoms with Crippen LogP contribution in [-0.4, -0.2) is 87.0 Å². The fourth-order valence-corrected chi connectivity index (χ4v) is 5.07. The van der Waals surface area contributed by atoms with Gasteiger partial charge in [0.25, 0.3) is 0 Å². The summed E-state index contributed by atoms with van der Waals surface area (Å²) in [7, 11) is -3.69. The zero-order valence-corrected chi connectivity index (χ0v) is 19.7. The Hall–Kier alpha value is -1.82. The summed E-state index contributed by atoms with van der Waals surface area (Å²) in [4.78, 5) is 47.3. The van der Waals surface area contributed by atoms with Crippen molar-refractivity contribution in [3.63, 3.8) is 0 Å². The molecule has 30 heavy (non-hydrogen) atoms. The van der Waals surface area contributed by atoms with Crippen molar-refractivity contribution in [2.45, 2.75) is 63.9 Å². The average Bonchev–Trinajstić information content (AvgIpc) is 3.50. The van der Waals surface area contributed by atoms with E-state index in [1.165, 1.54) is 16.7 Å². The first-order valence-corrected chi connectivity index (χ1v) is 12.1. The lowest BCUT2D eigenvalue weighted by molar-refractivity contribution is -0.138. The molecule has 0 radical (unpaired) electrons. The Morgan fingerprint density at radius 1 is 0.867 bits per heavy atom. The van der Waals surface area contributed by atoms with Crippen LogP contribution in [0.25, 0.3) is 0 Å². The minimum atomic E-state index is -1.94. The molecule has 1 aliphatic carbocycles. The van der Waals surface area contributed by atoms with Crippen LogP contribution in [0.1, 0.15) is 53.9 Å². The van der Waals surface area contributed by atoms with Gasteiger partial charge in [-0.1, -0.05) is 0 Å². The largest absolute Gasteiger partial charge is 0.481 e. The van der Waals surface area contributed by atoms with Gasteiger partial charge in [-0.2, -0.15) is 0 Å². The molecule has 2 N–H and O–H groups in total. The molecule has 1 rings (SSSR count). The summed E-state index contributed by atoms with van der Waals surface area (Å²) in [5.41, 5.74) is 0. The number of carbonyl (C=O) groups is 4. The molecule has 3 unspecified atom stereocenters. The molecular formula is C18H32N2O8S2.